The van der Waals surface area contributed by atoms with Gasteiger partial charge in [-0.15, -0.1) is 0 Å². The number of ether oxygens (including phenoxy) is 2. The van der Waals surface area contributed by atoms with Crippen LogP contribution in [0.1, 0.15) is 45.1 Å². The van der Waals surface area contributed by atoms with Crippen LogP contribution in [-0.2, 0) is 4.74 Å². The van der Waals surface area contributed by atoms with Crippen molar-refractivity contribution in [1.82, 2.24) is 4.98 Å². The minimum Gasteiger partial charge on any atom is -0.506 e. The van der Waals surface area contributed by atoms with Crippen molar-refractivity contribution >= 4 is 16.8 Å². The zero-order chi connectivity index (χ0) is 20.9. The molecule has 1 atom stereocenters. The summed E-state index contributed by atoms with van der Waals surface area (Å²) in [5.74, 6) is 2.49. The average Bonchev–Trinajstić information content (AvgIpc) is 3.25. The summed E-state index contributed by atoms with van der Waals surface area (Å²) in [6.07, 6.45) is 4.71. The predicted molar refractivity (Wildman–Crippen MR) is 120 cm³/mol. The molecule has 0 radical (unpaired) electrons. The first-order chi connectivity index (χ1) is 14.7. The zero-order valence-corrected chi connectivity index (χ0v) is 17.5. The first-order valence-corrected chi connectivity index (χ1v) is 10.8. The van der Waals surface area contributed by atoms with Crippen LogP contribution in [0.15, 0.2) is 59.6 Å². The Morgan fingerprint density at radius 1 is 1.07 bits per heavy atom. The number of phenolic OH excluding ortho intramolecular Hbond substituents is 1. The van der Waals surface area contributed by atoms with Crippen LogP contribution in [-0.4, -0.2) is 28.6 Å². The number of nitrogens with zero attached hydrogens (tertiary/aromatic N) is 2. The molecular weight excluding hydrogens is 376 g/mol. The van der Waals surface area contributed by atoms with Gasteiger partial charge in [-0.2, -0.15) is 0 Å². The third-order valence-electron chi connectivity index (χ3n) is 5.51. The quantitative estimate of drug-likeness (QED) is 0.493. The van der Waals surface area contributed by atoms with Crippen LogP contribution in [0.5, 0.6) is 17.4 Å². The molecule has 0 spiro atoms. The van der Waals surface area contributed by atoms with Crippen LogP contribution >= 0.6 is 0 Å². The molecule has 0 saturated heterocycles. The van der Waals surface area contributed by atoms with Crippen LogP contribution in [0.3, 0.4) is 0 Å². The highest BCUT2D eigenvalue weighted by Gasteiger charge is 2.27. The van der Waals surface area contributed by atoms with Gasteiger partial charge in [0.15, 0.2) is 0 Å². The molecule has 0 unspecified atom stereocenters. The van der Waals surface area contributed by atoms with Crippen LogP contribution in [0.4, 0.5) is 0 Å². The number of fused-ring (bicyclic) bond motifs is 1. The lowest BCUT2D eigenvalue weighted by Crippen LogP contribution is -2.19. The van der Waals surface area contributed by atoms with E-state index < -0.39 is 0 Å². The maximum Gasteiger partial charge on any atom is 0.219 e. The Morgan fingerprint density at radius 3 is 2.67 bits per heavy atom. The molecule has 2 heterocycles. The van der Waals surface area contributed by atoms with E-state index in [1.165, 1.54) is 25.7 Å². The Bertz CT molecular complexity index is 1040. The van der Waals surface area contributed by atoms with Gasteiger partial charge in [0.05, 0.1) is 6.04 Å². The van der Waals surface area contributed by atoms with E-state index >= 15 is 0 Å². The van der Waals surface area contributed by atoms with Crippen molar-refractivity contribution in [3.05, 3.63) is 60.2 Å². The Labute approximate surface area is 177 Å². The highest BCUT2D eigenvalue weighted by Crippen LogP contribution is 2.29. The summed E-state index contributed by atoms with van der Waals surface area (Å²) in [5.41, 5.74) is 1.43. The highest BCUT2D eigenvalue weighted by molar-refractivity contribution is 5.95. The van der Waals surface area contributed by atoms with Crippen LogP contribution in [0, 0.1) is 5.92 Å². The minimum atomic E-state index is 0.139. The van der Waals surface area contributed by atoms with Gasteiger partial charge in [0, 0.05) is 17.0 Å². The second-order valence-electron chi connectivity index (χ2n) is 7.78. The lowest BCUT2D eigenvalue weighted by atomic mass is 9.91. The van der Waals surface area contributed by atoms with Crippen LogP contribution in [0.25, 0.3) is 10.9 Å². The largest absolute Gasteiger partial charge is 0.506 e. The lowest BCUT2D eigenvalue weighted by molar-refractivity contribution is 0.261. The minimum absolute atomic E-state index is 0.139. The second kappa shape index (κ2) is 9.16. The van der Waals surface area contributed by atoms with Gasteiger partial charge < -0.3 is 14.6 Å². The third kappa shape index (κ3) is 4.40. The first-order valence-electron chi connectivity index (χ1n) is 10.8. The number of rotatable bonds is 8. The van der Waals surface area contributed by atoms with E-state index in [0.29, 0.717) is 35.6 Å². The van der Waals surface area contributed by atoms with E-state index in [0.717, 1.165) is 10.9 Å². The summed E-state index contributed by atoms with van der Waals surface area (Å²) in [7, 11) is 0. The van der Waals surface area contributed by atoms with Crippen LogP contribution < -0.4 is 4.74 Å². The van der Waals surface area contributed by atoms with Crippen molar-refractivity contribution < 1.29 is 14.6 Å². The van der Waals surface area contributed by atoms with Gasteiger partial charge in [0.25, 0.3) is 0 Å². The molecular formula is C25H28N2O3. The van der Waals surface area contributed by atoms with Crippen molar-refractivity contribution in [3.8, 4) is 17.4 Å². The van der Waals surface area contributed by atoms with Crippen molar-refractivity contribution in [2.75, 3.05) is 6.61 Å². The number of aromatic hydroxyl groups is 1. The number of aromatic nitrogens is 1. The summed E-state index contributed by atoms with van der Waals surface area (Å²) >= 11 is 0. The molecule has 2 aromatic carbocycles. The fourth-order valence-corrected chi connectivity index (χ4v) is 4.04. The van der Waals surface area contributed by atoms with Crippen LogP contribution in [0.2, 0.25) is 0 Å². The van der Waals surface area contributed by atoms with Gasteiger partial charge in [-0.3, -0.25) is 0 Å². The smallest absolute Gasteiger partial charge is 0.219 e. The van der Waals surface area contributed by atoms with E-state index in [1.807, 2.05) is 36.4 Å². The van der Waals surface area contributed by atoms with Crippen molar-refractivity contribution in [3.63, 3.8) is 0 Å². The van der Waals surface area contributed by atoms with Gasteiger partial charge >= 0.3 is 0 Å². The van der Waals surface area contributed by atoms with Gasteiger partial charge in [0.1, 0.15) is 23.6 Å². The molecule has 30 heavy (non-hydrogen) atoms. The lowest BCUT2D eigenvalue weighted by Gasteiger charge is -2.18. The Hall–Kier alpha value is -3.08. The Morgan fingerprint density at radius 2 is 1.87 bits per heavy atom. The third-order valence-corrected chi connectivity index (χ3v) is 5.51. The number of pyridine rings is 1. The topological polar surface area (TPSA) is 63.9 Å². The summed E-state index contributed by atoms with van der Waals surface area (Å²) < 4.78 is 11.9. The fraction of sp³-hybridized carbons (Fsp3) is 0.360. The van der Waals surface area contributed by atoms with Crippen molar-refractivity contribution in [1.29, 1.82) is 0 Å². The Kier molecular flexibility index (Phi) is 6.17. The molecule has 1 N–H and O–H groups in total. The van der Waals surface area contributed by atoms with Crippen molar-refractivity contribution in [2.24, 2.45) is 10.9 Å². The van der Waals surface area contributed by atoms with Gasteiger partial charge in [-0.1, -0.05) is 44.9 Å². The van der Waals surface area contributed by atoms with Crippen molar-refractivity contribution in [2.45, 2.75) is 45.6 Å². The number of aliphatic imine (C=N–C) groups is 1. The number of phenols is 1. The Balaban J connectivity index is 1.53. The number of benzene rings is 2. The molecule has 3 aromatic rings. The normalized spacial score (nSPS) is 16.0. The molecule has 0 amide bonds. The monoisotopic (exact) mass is 404 g/mol. The average molecular weight is 405 g/mol. The molecule has 1 aliphatic heterocycles. The molecule has 0 fully saturated rings. The van der Waals surface area contributed by atoms with E-state index in [2.05, 4.69) is 18.8 Å². The highest BCUT2D eigenvalue weighted by atomic mass is 16.5. The molecule has 156 valence electrons. The van der Waals surface area contributed by atoms with Gasteiger partial charge in [-0.25, -0.2) is 9.98 Å². The summed E-state index contributed by atoms with van der Waals surface area (Å²) in [5, 5.41) is 10.9. The standard InChI is InChI=1S/C25H28N2O3/c1-3-7-17(8-4-2)21-16-29-25(26-21)19-10-5-11-20(15-19)30-23-14-13-18-9-6-12-22(28)24(18)27-23/h5-6,9-15,17,21,28H,3-4,7-8,16H2,1-2H3/t21-/m1/s1. The maximum absolute atomic E-state index is 10.0. The van der Waals surface area contributed by atoms with Gasteiger partial charge in [-0.05, 0) is 49.1 Å². The summed E-state index contributed by atoms with van der Waals surface area (Å²) in [6, 6.07) is 17.0. The molecule has 0 bridgehead atoms. The molecule has 4 rings (SSSR count). The molecule has 0 aliphatic carbocycles. The molecule has 0 saturated carbocycles. The molecule has 1 aliphatic rings. The second-order valence-corrected chi connectivity index (χ2v) is 7.78. The van der Waals surface area contributed by atoms with E-state index in [4.69, 9.17) is 14.5 Å². The molecule has 5 heteroatoms. The first kappa shape index (κ1) is 20.2. The summed E-state index contributed by atoms with van der Waals surface area (Å²) in [6.45, 7) is 5.10. The maximum atomic E-state index is 10.0. The molecule has 5 nitrogen and oxygen atoms in total. The molecule has 1 aromatic heterocycles. The van der Waals surface area contributed by atoms with Gasteiger partial charge in [0.2, 0.25) is 11.8 Å². The SMILES string of the molecule is CCCC(CCC)[C@H]1COC(c2cccc(Oc3ccc4cccc(O)c4n3)c2)=N1. The van der Waals surface area contributed by atoms with E-state index in [-0.39, 0.29) is 11.8 Å². The number of para-hydroxylation sites is 1. The number of hydrogen-bond acceptors (Lipinski definition) is 5. The van der Waals surface area contributed by atoms with E-state index in [9.17, 15) is 5.11 Å². The number of hydrogen-bond donors (Lipinski definition) is 1. The predicted octanol–water partition coefficient (Wildman–Crippen LogP) is 6.09. The summed E-state index contributed by atoms with van der Waals surface area (Å²) in [4.78, 5) is 9.33. The fourth-order valence-electron chi connectivity index (χ4n) is 4.04. The van der Waals surface area contributed by atoms with E-state index in [1.54, 1.807) is 18.2 Å². The zero-order valence-electron chi connectivity index (χ0n) is 17.5.